The highest BCUT2D eigenvalue weighted by molar-refractivity contribution is 8.30. The van der Waals surface area contributed by atoms with Crippen LogP contribution in [-0.4, -0.2) is 11.3 Å². The molecule has 94 valence electrons. The van der Waals surface area contributed by atoms with Crippen LogP contribution < -0.4 is 8.92 Å². The molecule has 1 unspecified atom stereocenters. The van der Waals surface area contributed by atoms with Crippen LogP contribution in [0.3, 0.4) is 0 Å². The third-order valence-corrected chi connectivity index (χ3v) is 4.34. The molecule has 0 aromatic heterocycles. The summed E-state index contributed by atoms with van der Waals surface area (Å²) in [5, 5.41) is 0. The van der Waals surface area contributed by atoms with Crippen molar-refractivity contribution in [2.24, 2.45) is 0 Å². The van der Waals surface area contributed by atoms with Gasteiger partial charge in [0.25, 0.3) is 0 Å². The van der Waals surface area contributed by atoms with Crippen LogP contribution in [0.15, 0.2) is 59.5 Å². The average Bonchev–Trinajstić information content (AvgIpc) is 2.40. The molecule has 0 saturated carbocycles. The van der Waals surface area contributed by atoms with Gasteiger partial charge in [-0.15, -0.1) is 0 Å². The molecular weight excluding hydrogens is 268 g/mol. The molecule has 18 heavy (non-hydrogen) atoms. The number of rotatable bonds is 4. The van der Waals surface area contributed by atoms with E-state index in [2.05, 4.69) is 0 Å². The molecule has 0 aliphatic carbocycles. The van der Waals surface area contributed by atoms with Gasteiger partial charge in [0.05, 0.1) is 12.0 Å². The Morgan fingerprint density at radius 1 is 0.944 bits per heavy atom. The van der Waals surface area contributed by atoms with Gasteiger partial charge in [0.2, 0.25) is 8.77 Å². The van der Waals surface area contributed by atoms with E-state index in [1.165, 1.54) is 0 Å². The van der Waals surface area contributed by atoms with E-state index in [-0.39, 0.29) is 0 Å². The van der Waals surface area contributed by atoms with Crippen LogP contribution in [0.25, 0.3) is 0 Å². The molecule has 0 spiro atoms. The maximum absolute atomic E-state index is 12.3. The fraction of sp³-hybridized carbons (Fsp3) is 0.0769. The molecule has 0 saturated heterocycles. The highest BCUT2D eigenvalue weighted by Gasteiger charge is 2.11. The van der Waals surface area contributed by atoms with Crippen molar-refractivity contribution in [3.63, 3.8) is 0 Å². The number of benzene rings is 2. The van der Waals surface area contributed by atoms with Crippen molar-refractivity contribution in [1.29, 1.82) is 0 Å². The zero-order valence-electron chi connectivity index (χ0n) is 9.74. The highest BCUT2D eigenvalue weighted by Crippen LogP contribution is 2.21. The summed E-state index contributed by atoms with van der Waals surface area (Å²) in [6, 6.07) is 15.6. The zero-order valence-corrected chi connectivity index (χ0v) is 11.4. The first-order chi connectivity index (χ1) is 8.62. The van der Waals surface area contributed by atoms with E-state index in [0.717, 1.165) is 0 Å². The van der Waals surface area contributed by atoms with Crippen LogP contribution >= 0.6 is 0 Å². The monoisotopic (exact) mass is 280 g/mol. The van der Waals surface area contributed by atoms with Crippen molar-refractivity contribution < 1.29 is 13.1 Å². The van der Waals surface area contributed by atoms with E-state index in [1.54, 1.807) is 55.6 Å². The Kier molecular flexibility index (Phi) is 3.84. The lowest BCUT2D eigenvalue weighted by Crippen LogP contribution is -2.07. The van der Waals surface area contributed by atoms with E-state index >= 15 is 0 Å². The van der Waals surface area contributed by atoms with Gasteiger partial charge in [-0.3, -0.25) is 0 Å². The molecule has 0 heterocycles. The Bertz CT molecular complexity index is 604. The Labute approximate surface area is 111 Å². The van der Waals surface area contributed by atoms with Crippen molar-refractivity contribution in [3.05, 3.63) is 54.6 Å². The maximum atomic E-state index is 12.3. The lowest BCUT2D eigenvalue weighted by atomic mass is 10.3. The topological polar surface area (TPSA) is 35.5 Å². The van der Waals surface area contributed by atoms with Crippen molar-refractivity contribution in [2.75, 3.05) is 7.11 Å². The van der Waals surface area contributed by atoms with Gasteiger partial charge < -0.3 is 8.92 Å². The quantitative estimate of drug-likeness (QED) is 0.862. The van der Waals surface area contributed by atoms with Crippen molar-refractivity contribution in [2.45, 2.75) is 4.90 Å². The summed E-state index contributed by atoms with van der Waals surface area (Å²) < 4.78 is 22.7. The van der Waals surface area contributed by atoms with Crippen LogP contribution in [-0.2, 0) is 20.0 Å². The molecule has 5 heteroatoms. The highest BCUT2D eigenvalue weighted by atomic mass is 32.8. The molecule has 2 rings (SSSR count). The van der Waals surface area contributed by atoms with Crippen LogP contribution in [0.4, 0.5) is 0 Å². The first kappa shape index (κ1) is 12.9. The summed E-state index contributed by atoms with van der Waals surface area (Å²) in [7, 11) is -1.36. The SMILES string of the molecule is COc1ccc(OS(=O)(=S)c2ccccc2)cc1. The van der Waals surface area contributed by atoms with E-state index in [0.29, 0.717) is 16.4 Å². The molecule has 3 nitrogen and oxygen atoms in total. The van der Waals surface area contributed by atoms with Gasteiger partial charge in [0, 0.05) is 11.2 Å². The zero-order chi connectivity index (χ0) is 13.0. The summed E-state index contributed by atoms with van der Waals surface area (Å²) in [4.78, 5) is 0.496. The largest absolute Gasteiger partial charge is 0.497 e. The molecule has 0 fully saturated rings. The predicted octanol–water partition coefficient (Wildman–Crippen LogP) is 2.79. The van der Waals surface area contributed by atoms with Gasteiger partial charge >= 0.3 is 0 Å². The van der Waals surface area contributed by atoms with Gasteiger partial charge in [-0.2, -0.15) is 0 Å². The molecule has 0 aliphatic rings. The Hall–Kier alpha value is -1.59. The standard InChI is InChI=1S/C13H12O3S2/c1-15-11-7-9-12(10-8-11)16-18(14,17)13-5-3-2-4-6-13/h2-10H,1H3. The van der Waals surface area contributed by atoms with E-state index < -0.39 is 8.77 Å². The van der Waals surface area contributed by atoms with Gasteiger partial charge in [0.1, 0.15) is 11.5 Å². The summed E-state index contributed by atoms with van der Waals surface area (Å²) >= 11 is 5.03. The first-order valence-electron chi connectivity index (χ1n) is 5.25. The van der Waals surface area contributed by atoms with E-state index in [9.17, 15) is 4.21 Å². The third-order valence-electron chi connectivity index (χ3n) is 2.30. The molecule has 0 aliphatic heterocycles. The van der Waals surface area contributed by atoms with Crippen LogP contribution in [0.2, 0.25) is 0 Å². The number of hydrogen-bond donors (Lipinski definition) is 0. The Morgan fingerprint density at radius 3 is 2.06 bits per heavy atom. The lowest BCUT2D eigenvalue weighted by Gasteiger charge is -2.10. The second-order valence-corrected chi connectivity index (χ2v) is 6.39. The van der Waals surface area contributed by atoms with Crippen molar-refractivity contribution >= 4 is 20.0 Å². The van der Waals surface area contributed by atoms with E-state index in [4.69, 9.17) is 20.1 Å². The molecule has 0 radical (unpaired) electrons. The second kappa shape index (κ2) is 5.37. The summed E-state index contributed by atoms with van der Waals surface area (Å²) in [5.74, 6) is 1.16. The predicted molar refractivity (Wildman–Crippen MR) is 73.8 cm³/mol. The number of ether oxygens (including phenoxy) is 1. The average molecular weight is 280 g/mol. The van der Waals surface area contributed by atoms with Gasteiger partial charge in [0.15, 0.2) is 0 Å². The van der Waals surface area contributed by atoms with E-state index in [1.807, 2.05) is 6.07 Å². The van der Waals surface area contributed by atoms with Gasteiger partial charge in [-0.25, -0.2) is 4.21 Å². The summed E-state index contributed by atoms with van der Waals surface area (Å²) in [6.45, 7) is 0. The van der Waals surface area contributed by atoms with Gasteiger partial charge in [-0.05, 0) is 36.4 Å². The lowest BCUT2D eigenvalue weighted by molar-refractivity contribution is 0.414. The number of hydrogen-bond acceptors (Lipinski definition) is 4. The fourth-order valence-corrected chi connectivity index (χ4v) is 2.91. The maximum Gasteiger partial charge on any atom is 0.215 e. The fourth-order valence-electron chi connectivity index (χ4n) is 1.39. The molecular formula is C13H12O3S2. The molecule has 2 aromatic carbocycles. The molecule has 2 aromatic rings. The minimum atomic E-state index is -2.94. The van der Waals surface area contributed by atoms with Crippen LogP contribution in [0, 0.1) is 0 Å². The Morgan fingerprint density at radius 2 is 1.50 bits per heavy atom. The minimum Gasteiger partial charge on any atom is -0.497 e. The smallest absolute Gasteiger partial charge is 0.215 e. The first-order valence-corrected chi connectivity index (χ1v) is 7.66. The number of methoxy groups -OCH3 is 1. The molecule has 0 N–H and O–H groups in total. The molecule has 1 atom stereocenters. The van der Waals surface area contributed by atoms with Crippen molar-refractivity contribution in [1.82, 2.24) is 0 Å². The summed E-state index contributed by atoms with van der Waals surface area (Å²) in [5.41, 5.74) is 0. The molecule has 0 amide bonds. The minimum absolute atomic E-state index is 0.458. The third kappa shape index (κ3) is 3.00. The van der Waals surface area contributed by atoms with Crippen LogP contribution in [0.5, 0.6) is 11.5 Å². The Balaban J connectivity index is 2.22. The van der Waals surface area contributed by atoms with Gasteiger partial charge in [-0.1, -0.05) is 18.2 Å². The normalized spacial score (nSPS) is 13.6. The van der Waals surface area contributed by atoms with Crippen molar-refractivity contribution in [3.8, 4) is 11.5 Å². The second-order valence-electron chi connectivity index (χ2n) is 3.53. The van der Waals surface area contributed by atoms with Crippen LogP contribution in [0.1, 0.15) is 0 Å². The summed E-state index contributed by atoms with van der Waals surface area (Å²) in [6.07, 6.45) is 0. The molecule has 0 bridgehead atoms.